The van der Waals surface area contributed by atoms with Crippen LogP contribution < -0.4 is 4.74 Å². The van der Waals surface area contributed by atoms with Gasteiger partial charge in [0.15, 0.2) is 0 Å². The zero-order valence-corrected chi connectivity index (χ0v) is 51.2. The highest BCUT2D eigenvalue weighted by molar-refractivity contribution is 6.19. The predicted molar refractivity (Wildman–Crippen MR) is 410 cm³/mol. The molecule has 0 saturated heterocycles. The predicted octanol–water partition coefficient (Wildman–Crippen LogP) is 26.8. The van der Waals surface area contributed by atoms with E-state index in [0.29, 0.717) is 0 Å². The topological polar surface area (TPSA) is 9.23 Å². The van der Waals surface area contributed by atoms with Crippen molar-refractivity contribution in [2.75, 3.05) is 0 Å². The van der Waals surface area contributed by atoms with Crippen LogP contribution in [-0.4, -0.2) is 0 Å². The Morgan fingerprint density at radius 3 is 0.489 bits per heavy atom. The molecule has 22 rings (SSSR count). The van der Waals surface area contributed by atoms with Gasteiger partial charge in [-0.25, -0.2) is 0 Å². The van der Waals surface area contributed by atoms with Crippen molar-refractivity contribution < 1.29 is 4.74 Å². The van der Waals surface area contributed by atoms with Gasteiger partial charge in [-0.1, -0.05) is 42.5 Å². The Morgan fingerprint density at radius 2 is 0.309 bits per heavy atom. The third-order valence-electron chi connectivity index (χ3n) is 21.2. The van der Waals surface area contributed by atoms with Gasteiger partial charge in [0.05, 0.1) is 6.26 Å². The van der Waals surface area contributed by atoms with Crippen LogP contribution in [0.2, 0.25) is 0 Å². The molecule has 0 atom stereocenters. The summed E-state index contributed by atoms with van der Waals surface area (Å²) in [6.45, 7) is 1.97. The third kappa shape index (κ3) is 7.76. The first-order valence-corrected chi connectivity index (χ1v) is 32.8. The molecule has 430 valence electrons. The lowest BCUT2D eigenvalue weighted by atomic mass is 9.92. The molecule has 0 N–H and O–H groups in total. The summed E-state index contributed by atoms with van der Waals surface area (Å²) in [6.07, 6.45) is 3.67. The number of fused-ring (bicyclic) bond motifs is 21. The van der Waals surface area contributed by atoms with Gasteiger partial charge < -0.3 is 4.74 Å². The first-order chi connectivity index (χ1) is 46.2. The summed E-state index contributed by atoms with van der Waals surface area (Å²) in [5.41, 5.74) is 0. The Hall–Kier alpha value is -12.2. The van der Waals surface area contributed by atoms with Crippen LogP contribution in [0.25, 0.3) is 226 Å². The number of rotatable bonds is 2. The SMILES string of the molecule is CC=COc1cccc2cc3cc4cc5cc6cc7cc8cc9cc%10cc%11cc%12cc%13cc%14cc%15cc%16cc%17cc%18cc%19cc%20cc%21cc%22ccccc%22cc%21cc%20cc%19cc%18cc%17cc%16cc%15cc%14cc%13cc%12cc%11cc%10cc9cc8cc7cc6cc5cc4cc3cc12. The minimum atomic E-state index is 0.871. The van der Waals surface area contributed by atoms with E-state index in [1.165, 1.54) is 221 Å². The van der Waals surface area contributed by atoms with Gasteiger partial charge in [-0.15, -0.1) is 0 Å². The highest BCUT2D eigenvalue weighted by Crippen LogP contribution is 2.42. The molecule has 0 unspecified atom stereocenters. The molecule has 0 fully saturated rings. The molecule has 0 saturated carbocycles. The fraction of sp³-hybridized carbons (Fsp3) is 0.0108. The van der Waals surface area contributed by atoms with Crippen molar-refractivity contribution in [3.63, 3.8) is 0 Å². The number of benzene rings is 22. The molecule has 0 amide bonds. The van der Waals surface area contributed by atoms with Crippen molar-refractivity contribution in [1.29, 1.82) is 0 Å². The maximum atomic E-state index is 5.99. The molecular formula is C93H52O. The molecule has 22 aromatic rings. The fourth-order valence-electron chi connectivity index (χ4n) is 16.5. The van der Waals surface area contributed by atoms with Gasteiger partial charge in [0.2, 0.25) is 0 Å². The molecule has 0 spiro atoms. The van der Waals surface area contributed by atoms with E-state index in [-0.39, 0.29) is 0 Å². The van der Waals surface area contributed by atoms with E-state index >= 15 is 0 Å². The van der Waals surface area contributed by atoms with E-state index in [2.05, 4.69) is 279 Å². The third-order valence-corrected chi connectivity index (χ3v) is 21.2. The minimum Gasteiger partial charge on any atom is -0.465 e. The molecule has 1 heteroatoms. The molecule has 1 nitrogen and oxygen atoms in total. The lowest BCUT2D eigenvalue weighted by Gasteiger charge is -2.12. The molecule has 0 aliphatic heterocycles. The van der Waals surface area contributed by atoms with Crippen LogP contribution in [0.4, 0.5) is 0 Å². The van der Waals surface area contributed by atoms with Crippen LogP contribution in [0.1, 0.15) is 6.92 Å². The van der Waals surface area contributed by atoms with Crippen LogP contribution in [0.3, 0.4) is 0 Å². The summed E-state index contributed by atoms with van der Waals surface area (Å²) in [5.74, 6) is 0.871. The van der Waals surface area contributed by atoms with Crippen molar-refractivity contribution in [3.05, 3.63) is 297 Å². The zero-order valence-electron chi connectivity index (χ0n) is 51.2. The molecule has 0 heterocycles. The van der Waals surface area contributed by atoms with Crippen molar-refractivity contribution in [3.8, 4) is 5.75 Å². The van der Waals surface area contributed by atoms with Crippen LogP contribution in [0, 0.1) is 0 Å². The molecule has 0 aliphatic carbocycles. The smallest absolute Gasteiger partial charge is 0.134 e. The first kappa shape index (κ1) is 50.6. The fourth-order valence-corrected chi connectivity index (χ4v) is 16.5. The summed E-state index contributed by atoms with van der Waals surface area (Å²) in [4.78, 5) is 0. The van der Waals surface area contributed by atoms with Gasteiger partial charge in [-0.2, -0.15) is 0 Å². The molecule has 0 radical (unpaired) electrons. The lowest BCUT2D eigenvalue weighted by Crippen LogP contribution is -1.85. The van der Waals surface area contributed by atoms with Crippen molar-refractivity contribution >= 4 is 226 Å². The Labute approximate surface area is 537 Å². The second-order valence-corrected chi connectivity index (χ2v) is 27.1. The average molecular weight is 1190 g/mol. The largest absolute Gasteiger partial charge is 0.465 e. The van der Waals surface area contributed by atoms with Crippen molar-refractivity contribution in [2.24, 2.45) is 0 Å². The highest BCUT2D eigenvalue weighted by Gasteiger charge is 2.14. The Balaban J connectivity index is 0.595. The molecule has 0 aliphatic rings. The molecule has 0 bridgehead atoms. The highest BCUT2D eigenvalue weighted by atomic mass is 16.5. The first-order valence-electron chi connectivity index (χ1n) is 32.8. The monoisotopic (exact) mass is 1180 g/mol. The summed E-state index contributed by atoms with van der Waals surface area (Å²) in [7, 11) is 0. The van der Waals surface area contributed by atoms with E-state index < -0.39 is 0 Å². The Bertz CT molecular complexity index is 7370. The van der Waals surface area contributed by atoms with Crippen LogP contribution >= 0.6 is 0 Å². The van der Waals surface area contributed by atoms with Gasteiger partial charge in [0.1, 0.15) is 5.75 Å². The van der Waals surface area contributed by atoms with Gasteiger partial charge in [0, 0.05) is 5.39 Å². The van der Waals surface area contributed by atoms with E-state index in [0.717, 1.165) is 11.1 Å². The maximum Gasteiger partial charge on any atom is 0.134 e. The molecule has 22 aromatic carbocycles. The maximum absolute atomic E-state index is 5.99. The number of hydrogen-bond acceptors (Lipinski definition) is 1. The van der Waals surface area contributed by atoms with Crippen LogP contribution in [0.5, 0.6) is 5.75 Å². The van der Waals surface area contributed by atoms with Gasteiger partial charge in [0.25, 0.3) is 0 Å². The van der Waals surface area contributed by atoms with E-state index in [4.69, 9.17) is 4.74 Å². The Kier molecular flexibility index (Phi) is 9.96. The minimum absolute atomic E-state index is 0.871. The number of hydrogen-bond donors (Lipinski definition) is 0. The van der Waals surface area contributed by atoms with E-state index in [1.54, 1.807) is 6.26 Å². The van der Waals surface area contributed by atoms with Gasteiger partial charge in [-0.3, -0.25) is 0 Å². The van der Waals surface area contributed by atoms with Crippen molar-refractivity contribution in [2.45, 2.75) is 6.92 Å². The molecule has 94 heavy (non-hydrogen) atoms. The van der Waals surface area contributed by atoms with Crippen molar-refractivity contribution in [1.82, 2.24) is 0 Å². The van der Waals surface area contributed by atoms with E-state index in [9.17, 15) is 0 Å². The average Bonchev–Trinajstić information content (AvgIpc) is 0.758. The summed E-state index contributed by atoms with van der Waals surface area (Å²) in [6, 6.07) is 110. The summed E-state index contributed by atoms with van der Waals surface area (Å²) < 4.78 is 5.99. The lowest BCUT2D eigenvalue weighted by molar-refractivity contribution is 0.486. The second-order valence-electron chi connectivity index (χ2n) is 27.1. The normalized spacial score (nSPS) is 12.7. The summed E-state index contributed by atoms with van der Waals surface area (Å²) in [5, 5.41) is 52.7. The van der Waals surface area contributed by atoms with Gasteiger partial charge in [-0.05, 0) is 476 Å². The van der Waals surface area contributed by atoms with Crippen LogP contribution in [-0.2, 0) is 0 Å². The molecular weight excluding hydrogens is 1130 g/mol. The quantitative estimate of drug-likeness (QED) is 0.124. The second kappa shape index (κ2) is 18.5. The Morgan fingerprint density at radius 1 is 0.160 bits per heavy atom. The zero-order chi connectivity index (χ0) is 61.2. The number of ether oxygens (including phenoxy) is 1. The van der Waals surface area contributed by atoms with E-state index in [1.807, 2.05) is 19.1 Å². The van der Waals surface area contributed by atoms with Crippen LogP contribution in [0.15, 0.2) is 297 Å². The van der Waals surface area contributed by atoms with Gasteiger partial charge >= 0.3 is 0 Å². The molecule has 0 aromatic heterocycles. The number of allylic oxidation sites excluding steroid dienone is 1. The standard InChI is InChI=1S/C93H52O/c1-2-10-94-93-9-5-8-53-13-56-16-59-19-62-22-65-25-68-28-71-31-74-34-77-37-80-40-81-38-78-35-75-32-72-29-69-26-66-23-63-20-60-17-57-14-54-11-51-6-3-4-7-52(51)12-55(54)15-58(57)18-61(60)21-64(63)24-67(66)27-70(69)30-73(72)33-76(75)36-79(78)39-82(81)41-83(80)42-84(77)43-85(74)44-86(71)45-87(68)46-88(65)47-89(62)48-90(59)49-91(56)50-92(53)93/h2-50H,1H3. The summed E-state index contributed by atoms with van der Waals surface area (Å²) >= 11 is 0.